The first-order chi connectivity index (χ1) is 11.7. The van der Waals surface area contributed by atoms with Crippen LogP contribution in [0.4, 0.5) is 5.95 Å². The minimum absolute atomic E-state index is 0.117. The number of H-pyrrole nitrogens is 1. The molecule has 0 spiro atoms. The molecule has 3 rings (SSSR count). The average molecular weight is 321 g/mol. The standard InChI is InChI=1S/C17H15N5O2/c23-15(16(24)21-17-18-11-19-22-17)20-14(12-7-3-1-4-8-12)13-9-5-2-6-10-13/h1-11,14H,(H,20,23)(H2,18,19,21,22,24). The van der Waals surface area contributed by atoms with Crippen molar-refractivity contribution in [1.82, 2.24) is 20.5 Å². The lowest BCUT2D eigenvalue weighted by molar-refractivity contribution is -0.136. The van der Waals surface area contributed by atoms with Gasteiger partial charge in [-0.3, -0.25) is 14.9 Å². The monoisotopic (exact) mass is 321 g/mol. The van der Waals surface area contributed by atoms with Gasteiger partial charge in [0.05, 0.1) is 6.04 Å². The van der Waals surface area contributed by atoms with Crippen LogP contribution < -0.4 is 10.6 Å². The van der Waals surface area contributed by atoms with Gasteiger partial charge in [-0.25, -0.2) is 5.10 Å². The lowest BCUT2D eigenvalue weighted by Gasteiger charge is -2.19. The van der Waals surface area contributed by atoms with E-state index in [-0.39, 0.29) is 5.95 Å². The topological polar surface area (TPSA) is 99.8 Å². The number of hydrogen-bond acceptors (Lipinski definition) is 4. The fourth-order valence-corrected chi connectivity index (χ4v) is 2.28. The van der Waals surface area contributed by atoms with Crippen LogP contribution >= 0.6 is 0 Å². The van der Waals surface area contributed by atoms with Gasteiger partial charge >= 0.3 is 11.8 Å². The molecule has 7 heteroatoms. The average Bonchev–Trinajstić information content (AvgIpc) is 3.14. The van der Waals surface area contributed by atoms with Crippen LogP contribution in [-0.4, -0.2) is 27.0 Å². The summed E-state index contributed by atoms with van der Waals surface area (Å²) in [5.74, 6) is -1.46. The second-order valence-electron chi connectivity index (χ2n) is 5.02. The molecule has 0 fully saturated rings. The molecule has 3 N–H and O–H groups in total. The minimum Gasteiger partial charge on any atom is -0.337 e. The van der Waals surface area contributed by atoms with E-state index in [2.05, 4.69) is 25.8 Å². The van der Waals surface area contributed by atoms with Crippen molar-refractivity contribution in [2.75, 3.05) is 5.32 Å². The molecule has 0 saturated heterocycles. The Hall–Kier alpha value is -3.48. The number of carbonyl (C=O) groups is 2. The van der Waals surface area contributed by atoms with Crippen LogP contribution in [0.3, 0.4) is 0 Å². The molecule has 0 aliphatic carbocycles. The summed E-state index contributed by atoms with van der Waals surface area (Å²) in [4.78, 5) is 28.0. The molecule has 2 amide bonds. The number of aromatic nitrogens is 3. The fraction of sp³-hybridized carbons (Fsp3) is 0.0588. The van der Waals surface area contributed by atoms with Crippen molar-refractivity contribution in [2.24, 2.45) is 0 Å². The lowest BCUT2D eigenvalue weighted by atomic mass is 9.99. The lowest BCUT2D eigenvalue weighted by Crippen LogP contribution is -2.38. The number of anilines is 1. The molecule has 24 heavy (non-hydrogen) atoms. The maximum absolute atomic E-state index is 12.2. The second kappa shape index (κ2) is 7.19. The minimum atomic E-state index is -0.816. The molecule has 3 aromatic rings. The van der Waals surface area contributed by atoms with Crippen LogP contribution in [0, 0.1) is 0 Å². The summed E-state index contributed by atoms with van der Waals surface area (Å²) in [6.07, 6.45) is 1.24. The summed E-state index contributed by atoms with van der Waals surface area (Å²) < 4.78 is 0. The third-order valence-electron chi connectivity index (χ3n) is 3.39. The Kier molecular flexibility index (Phi) is 4.62. The first-order valence-corrected chi connectivity index (χ1v) is 7.31. The van der Waals surface area contributed by atoms with Crippen LogP contribution in [0.25, 0.3) is 0 Å². The molecule has 0 unspecified atom stereocenters. The van der Waals surface area contributed by atoms with Crippen molar-refractivity contribution in [3.8, 4) is 0 Å². The van der Waals surface area contributed by atoms with Gasteiger partial charge in [0, 0.05) is 0 Å². The van der Waals surface area contributed by atoms with Gasteiger partial charge in [-0.05, 0) is 11.1 Å². The molecule has 0 atom stereocenters. The Labute approximate surface area is 138 Å². The Morgan fingerprint density at radius 1 is 0.875 bits per heavy atom. The highest BCUT2D eigenvalue weighted by Gasteiger charge is 2.21. The maximum atomic E-state index is 12.2. The molecular weight excluding hydrogens is 306 g/mol. The van der Waals surface area contributed by atoms with Crippen LogP contribution in [0.5, 0.6) is 0 Å². The summed E-state index contributed by atoms with van der Waals surface area (Å²) >= 11 is 0. The molecule has 1 aromatic heterocycles. The highest BCUT2D eigenvalue weighted by Crippen LogP contribution is 2.21. The number of benzene rings is 2. The molecule has 0 aliphatic heterocycles. The summed E-state index contributed by atoms with van der Waals surface area (Å²) in [7, 11) is 0. The normalized spacial score (nSPS) is 10.4. The van der Waals surface area contributed by atoms with E-state index in [4.69, 9.17) is 0 Å². The molecule has 120 valence electrons. The smallest absolute Gasteiger partial charge is 0.316 e. The van der Waals surface area contributed by atoms with Crippen molar-refractivity contribution in [3.05, 3.63) is 78.1 Å². The zero-order chi connectivity index (χ0) is 16.8. The predicted molar refractivity (Wildman–Crippen MR) is 87.9 cm³/mol. The zero-order valence-electron chi connectivity index (χ0n) is 12.6. The number of nitrogens with one attached hydrogen (secondary N) is 3. The number of aromatic amines is 1. The van der Waals surface area contributed by atoms with Crippen molar-refractivity contribution in [1.29, 1.82) is 0 Å². The quantitative estimate of drug-likeness (QED) is 0.636. The number of hydrogen-bond donors (Lipinski definition) is 3. The Bertz CT molecular complexity index is 764. The number of nitrogens with zero attached hydrogens (tertiary/aromatic N) is 2. The zero-order valence-corrected chi connectivity index (χ0v) is 12.6. The SMILES string of the molecule is O=C(Nc1ncn[nH]1)C(=O)NC(c1ccccc1)c1ccccc1. The summed E-state index contributed by atoms with van der Waals surface area (Å²) in [5.41, 5.74) is 1.76. The van der Waals surface area contributed by atoms with Gasteiger partial charge in [-0.1, -0.05) is 60.7 Å². The highest BCUT2D eigenvalue weighted by molar-refractivity contribution is 6.39. The Morgan fingerprint density at radius 2 is 1.46 bits per heavy atom. The summed E-state index contributed by atoms with van der Waals surface area (Å²) in [5, 5.41) is 11.2. The van der Waals surface area contributed by atoms with E-state index >= 15 is 0 Å². The molecule has 1 heterocycles. The third-order valence-corrected chi connectivity index (χ3v) is 3.39. The summed E-state index contributed by atoms with van der Waals surface area (Å²) in [6, 6.07) is 18.5. The van der Waals surface area contributed by atoms with E-state index in [1.165, 1.54) is 6.33 Å². The first-order valence-electron chi connectivity index (χ1n) is 7.31. The fourth-order valence-electron chi connectivity index (χ4n) is 2.28. The summed E-state index contributed by atoms with van der Waals surface area (Å²) in [6.45, 7) is 0. The van der Waals surface area contributed by atoms with Crippen molar-refractivity contribution in [3.63, 3.8) is 0 Å². The molecule has 2 aromatic carbocycles. The Balaban J connectivity index is 1.79. The van der Waals surface area contributed by atoms with E-state index < -0.39 is 17.9 Å². The van der Waals surface area contributed by atoms with Gasteiger partial charge in [0.15, 0.2) is 0 Å². The van der Waals surface area contributed by atoms with Crippen LogP contribution in [0.15, 0.2) is 67.0 Å². The highest BCUT2D eigenvalue weighted by atomic mass is 16.2. The van der Waals surface area contributed by atoms with E-state index in [9.17, 15) is 9.59 Å². The van der Waals surface area contributed by atoms with E-state index in [0.29, 0.717) is 0 Å². The van der Waals surface area contributed by atoms with Crippen molar-refractivity contribution in [2.45, 2.75) is 6.04 Å². The molecule has 0 bridgehead atoms. The van der Waals surface area contributed by atoms with Gasteiger partial charge in [0.1, 0.15) is 6.33 Å². The van der Waals surface area contributed by atoms with Gasteiger partial charge in [0.25, 0.3) is 0 Å². The molecular formula is C17H15N5O2. The van der Waals surface area contributed by atoms with Crippen molar-refractivity contribution < 1.29 is 9.59 Å². The van der Waals surface area contributed by atoms with Gasteiger partial charge < -0.3 is 5.32 Å². The molecule has 0 radical (unpaired) electrons. The third kappa shape index (κ3) is 3.64. The van der Waals surface area contributed by atoms with Gasteiger partial charge in [-0.15, -0.1) is 0 Å². The molecule has 0 saturated carbocycles. The van der Waals surface area contributed by atoms with E-state index in [1.54, 1.807) is 0 Å². The van der Waals surface area contributed by atoms with Crippen LogP contribution in [-0.2, 0) is 9.59 Å². The first kappa shape index (κ1) is 15.4. The number of amides is 2. The van der Waals surface area contributed by atoms with Crippen LogP contribution in [0.1, 0.15) is 17.2 Å². The van der Waals surface area contributed by atoms with Crippen LogP contribution in [0.2, 0.25) is 0 Å². The van der Waals surface area contributed by atoms with Gasteiger partial charge in [-0.2, -0.15) is 10.1 Å². The number of rotatable bonds is 4. The van der Waals surface area contributed by atoms with E-state index in [0.717, 1.165) is 11.1 Å². The molecule has 0 aliphatic rings. The second-order valence-corrected chi connectivity index (χ2v) is 5.02. The largest absolute Gasteiger partial charge is 0.337 e. The maximum Gasteiger partial charge on any atom is 0.316 e. The van der Waals surface area contributed by atoms with E-state index in [1.807, 2.05) is 60.7 Å². The molecule has 7 nitrogen and oxygen atoms in total. The predicted octanol–water partition coefficient (Wildman–Crippen LogP) is 1.65. The number of carbonyl (C=O) groups excluding carboxylic acids is 2. The Morgan fingerprint density at radius 3 is 1.96 bits per heavy atom. The van der Waals surface area contributed by atoms with Crippen molar-refractivity contribution >= 4 is 17.8 Å². The van der Waals surface area contributed by atoms with Gasteiger partial charge in [0.2, 0.25) is 5.95 Å².